The minimum atomic E-state index is -3.52. The predicted molar refractivity (Wildman–Crippen MR) is 85.9 cm³/mol. The number of ether oxygens (including phenoxy) is 2. The molecule has 1 heterocycles. The van der Waals surface area contributed by atoms with Crippen LogP contribution in [0.5, 0.6) is 5.75 Å². The molecule has 8 nitrogen and oxygen atoms in total. The third kappa shape index (κ3) is 3.04. The van der Waals surface area contributed by atoms with E-state index in [2.05, 4.69) is 0 Å². The lowest BCUT2D eigenvalue weighted by Gasteiger charge is -2.12. The molecule has 126 valence electrons. The van der Waals surface area contributed by atoms with Crippen molar-refractivity contribution in [2.24, 2.45) is 0 Å². The average Bonchev–Trinajstić information content (AvgIpc) is 2.89. The third-order valence-electron chi connectivity index (χ3n) is 3.35. The molecular weight excluding hydrogens is 334 g/mol. The molecule has 0 saturated carbocycles. The van der Waals surface area contributed by atoms with Crippen LogP contribution in [0.1, 0.15) is 16.1 Å². The summed E-state index contributed by atoms with van der Waals surface area (Å²) in [5.74, 6) is -0.479. The molecule has 0 radical (unpaired) electrons. The van der Waals surface area contributed by atoms with Gasteiger partial charge in [0.2, 0.25) is 0 Å². The van der Waals surface area contributed by atoms with E-state index in [-0.39, 0.29) is 27.6 Å². The molecule has 1 aromatic heterocycles. The van der Waals surface area contributed by atoms with Crippen LogP contribution < -0.4 is 10.5 Å². The summed E-state index contributed by atoms with van der Waals surface area (Å²) in [4.78, 5) is 12.0. The number of rotatable bonds is 4. The summed E-state index contributed by atoms with van der Waals surface area (Å²) >= 11 is 0. The molecule has 0 aliphatic rings. The van der Waals surface area contributed by atoms with E-state index in [1.165, 1.54) is 43.2 Å². The molecular formula is C15H15N3O5S. The van der Waals surface area contributed by atoms with Gasteiger partial charge >= 0.3 is 5.97 Å². The van der Waals surface area contributed by atoms with Crippen molar-refractivity contribution in [2.75, 3.05) is 26.2 Å². The van der Waals surface area contributed by atoms with Gasteiger partial charge in [0.25, 0.3) is 0 Å². The largest absolute Gasteiger partial charge is 0.497 e. The summed E-state index contributed by atoms with van der Waals surface area (Å²) in [6, 6.07) is 6.10. The Balaban J connectivity index is 2.82. The quantitative estimate of drug-likeness (QED) is 0.820. The highest BCUT2D eigenvalue weighted by Gasteiger charge is 2.23. The summed E-state index contributed by atoms with van der Waals surface area (Å²) in [7, 11) is -0.954. The van der Waals surface area contributed by atoms with Crippen LogP contribution in [0, 0.1) is 11.3 Å². The average molecular weight is 349 g/mol. The number of esters is 1. The summed E-state index contributed by atoms with van der Waals surface area (Å²) in [5, 5.41) is 9.13. The van der Waals surface area contributed by atoms with Gasteiger partial charge < -0.3 is 19.8 Å². The van der Waals surface area contributed by atoms with Gasteiger partial charge in [-0.05, 0) is 12.1 Å². The Labute approximate surface area is 138 Å². The number of sulfone groups is 1. The summed E-state index contributed by atoms with van der Waals surface area (Å²) < 4.78 is 34.8. The van der Waals surface area contributed by atoms with Crippen LogP contribution in [-0.2, 0) is 14.6 Å². The first-order valence-electron chi connectivity index (χ1n) is 6.61. The van der Waals surface area contributed by atoms with Gasteiger partial charge in [-0.2, -0.15) is 5.26 Å². The minimum Gasteiger partial charge on any atom is -0.497 e. The molecule has 0 spiro atoms. The van der Waals surface area contributed by atoms with E-state index < -0.39 is 15.8 Å². The van der Waals surface area contributed by atoms with Crippen molar-refractivity contribution < 1.29 is 22.7 Å². The molecule has 2 rings (SSSR count). The van der Waals surface area contributed by atoms with E-state index >= 15 is 0 Å². The van der Waals surface area contributed by atoms with Crippen LogP contribution in [0.2, 0.25) is 0 Å². The lowest BCUT2D eigenvalue weighted by molar-refractivity contribution is 0.0593. The van der Waals surface area contributed by atoms with Gasteiger partial charge in [0.05, 0.1) is 36.1 Å². The van der Waals surface area contributed by atoms with Crippen molar-refractivity contribution in [3.63, 3.8) is 0 Å². The molecule has 0 bridgehead atoms. The maximum Gasteiger partial charge on any atom is 0.357 e. The summed E-state index contributed by atoms with van der Waals surface area (Å²) in [5.41, 5.74) is 6.08. The van der Waals surface area contributed by atoms with Gasteiger partial charge in [-0.1, -0.05) is 0 Å². The molecule has 0 saturated heterocycles. The van der Waals surface area contributed by atoms with Crippen LogP contribution >= 0.6 is 0 Å². The molecule has 0 aliphatic carbocycles. The standard InChI is InChI=1S/C15H15N3O5S/c1-22-11-4-10(5-12(6-11)24(3,20)21)18-8-9(7-16)13(17)14(18)15(19)23-2/h4-6,8H,17H2,1-3H3. The number of methoxy groups -OCH3 is 2. The molecule has 0 atom stereocenters. The SMILES string of the molecule is COC(=O)c1c(N)c(C#N)cn1-c1cc(OC)cc(S(C)(=O)=O)c1. The maximum atomic E-state index is 12.0. The Morgan fingerprint density at radius 3 is 2.46 bits per heavy atom. The maximum absolute atomic E-state index is 12.0. The molecule has 9 heteroatoms. The molecule has 2 N–H and O–H groups in total. The van der Waals surface area contributed by atoms with Gasteiger partial charge in [-0.3, -0.25) is 0 Å². The minimum absolute atomic E-state index is 0.00144. The number of carbonyl (C=O) groups excluding carboxylic acids is 1. The second kappa shape index (κ2) is 6.25. The highest BCUT2D eigenvalue weighted by molar-refractivity contribution is 7.90. The zero-order chi connectivity index (χ0) is 18.1. The Bertz CT molecular complexity index is 954. The van der Waals surface area contributed by atoms with Gasteiger partial charge in [0, 0.05) is 18.5 Å². The van der Waals surface area contributed by atoms with Crippen molar-refractivity contribution in [3.8, 4) is 17.5 Å². The highest BCUT2D eigenvalue weighted by Crippen LogP contribution is 2.29. The number of hydrogen-bond donors (Lipinski definition) is 1. The normalized spacial score (nSPS) is 10.9. The van der Waals surface area contributed by atoms with E-state index in [9.17, 15) is 13.2 Å². The molecule has 2 aromatic rings. The fraction of sp³-hybridized carbons (Fsp3) is 0.200. The van der Waals surface area contributed by atoms with Crippen LogP contribution in [0.25, 0.3) is 5.69 Å². The van der Waals surface area contributed by atoms with Crippen molar-refractivity contribution in [3.05, 3.63) is 35.7 Å². The van der Waals surface area contributed by atoms with E-state index in [4.69, 9.17) is 20.5 Å². The molecule has 24 heavy (non-hydrogen) atoms. The first-order valence-corrected chi connectivity index (χ1v) is 8.50. The summed E-state index contributed by atoms with van der Waals surface area (Å²) in [6.45, 7) is 0. The second-order valence-electron chi connectivity index (χ2n) is 4.92. The Morgan fingerprint density at radius 2 is 1.96 bits per heavy atom. The van der Waals surface area contributed by atoms with E-state index in [1.54, 1.807) is 0 Å². The van der Waals surface area contributed by atoms with E-state index in [0.29, 0.717) is 5.69 Å². The monoisotopic (exact) mass is 349 g/mol. The smallest absolute Gasteiger partial charge is 0.357 e. The predicted octanol–water partition coefficient (Wildman–Crippen LogP) is 1.13. The van der Waals surface area contributed by atoms with E-state index in [1.807, 2.05) is 6.07 Å². The van der Waals surface area contributed by atoms with Gasteiger partial charge in [-0.15, -0.1) is 0 Å². The Morgan fingerprint density at radius 1 is 1.29 bits per heavy atom. The van der Waals surface area contributed by atoms with Gasteiger partial charge in [-0.25, -0.2) is 13.2 Å². The van der Waals surface area contributed by atoms with Gasteiger partial charge in [0.1, 0.15) is 11.8 Å². The highest BCUT2D eigenvalue weighted by atomic mass is 32.2. The van der Waals surface area contributed by atoms with Crippen LogP contribution in [0.3, 0.4) is 0 Å². The number of carbonyl (C=O) groups is 1. The van der Waals surface area contributed by atoms with E-state index in [0.717, 1.165) is 6.26 Å². The number of nitriles is 1. The third-order valence-corrected chi connectivity index (χ3v) is 4.44. The zero-order valence-corrected chi connectivity index (χ0v) is 14.0. The number of nitrogens with two attached hydrogens (primary N) is 1. The van der Waals surface area contributed by atoms with Crippen LogP contribution in [0.4, 0.5) is 5.69 Å². The first-order chi connectivity index (χ1) is 11.2. The lowest BCUT2D eigenvalue weighted by atomic mass is 10.2. The molecule has 0 unspecified atom stereocenters. The van der Waals surface area contributed by atoms with Crippen molar-refractivity contribution in [1.82, 2.24) is 4.57 Å². The Hall–Kier alpha value is -2.99. The second-order valence-corrected chi connectivity index (χ2v) is 6.93. The first kappa shape index (κ1) is 17.4. The number of nitrogens with zero attached hydrogens (tertiary/aromatic N) is 2. The van der Waals surface area contributed by atoms with Crippen LogP contribution in [-0.4, -0.2) is 39.4 Å². The topological polar surface area (TPSA) is 124 Å². The number of nitrogen functional groups attached to an aromatic ring is 1. The fourth-order valence-corrected chi connectivity index (χ4v) is 2.81. The Kier molecular flexibility index (Phi) is 4.52. The molecule has 0 aliphatic heterocycles. The fourth-order valence-electron chi connectivity index (χ4n) is 2.15. The van der Waals surface area contributed by atoms with Crippen LogP contribution in [0.15, 0.2) is 29.3 Å². The zero-order valence-electron chi connectivity index (χ0n) is 13.2. The molecule has 1 aromatic carbocycles. The number of aromatic nitrogens is 1. The molecule has 0 amide bonds. The number of anilines is 1. The number of benzene rings is 1. The van der Waals surface area contributed by atoms with Crippen molar-refractivity contribution in [1.29, 1.82) is 5.26 Å². The lowest BCUT2D eigenvalue weighted by Crippen LogP contribution is -2.11. The van der Waals surface area contributed by atoms with Crippen molar-refractivity contribution in [2.45, 2.75) is 4.90 Å². The number of hydrogen-bond acceptors (Lipinski definition) is 7. The molecule has 0 fully saturated rings. The van der Waals surface area contributed by atoms with Gasteiger partial charge in [0.15, 0.2) is 15.5 Å². The van der Waals surface area contributed by atoms with Crippen molar-refractivity contribution >= 4 is 21.5 Å². The summed E-state index contributed by atoms with van der Waals surface area (Å²) in [6.07, 6.45) is 2.39.